The summed E-state index contributed by atoms with van der Waals surface area (Å²) in [6.07, 6.45) is 3.76. The van der Waals surface area contributed by atoms with Crippen molar-refractivity contribution in [1.82, 2.24) is 5.32 Å². The molecular weight excluding hydrogens is 241 g/mol. The fourth-order valence-corrected chi connectivity index (χ4v) is 2.60. The van der Waals surface area contributed by atoms with Gasteiger partial charge in [0.25, 0.3) is 0 Å². The predicted octanol–water partition coefficient (Wildman–Crippen LogP) is 3.84. The molecule has 0 amide bonds. The van der Waals surface area contributed by atoms with Crippen LogP contribution in [0.15, 0.2) is 24.3 Å². The molecule has 0 bridgehead atoms. The van der Waals surface area contributed by atoms with E-state index >= 15 is 0 Å². The third-order valence-electron chi connectivity index (χ3n) is 3.36. The Kier molecular flexibility index (Phi) is 4.12. The molecule has 1 aromatic rings. The van der Waals surface area contributed by atoms with Gasteiger partial charge in [0.05, 0.1) is 0 Å². The van der Waals surface area contributed by atoms with Crippen molar-refractivity contribution in [2.75, 3.05) is 12.4 Å². The largest absolute Gasteiger partial charge is 0.312 e. The summed E-state index contributed by atoms with van der Waals surface area (Å²) in [5.41, 5.74) is 1.66. The summed E-state index contributed by atoms with van der Waals surface area (Å²) in [5.74, 6) is 0.772. The van der Waals surface area contributed by atoms with Gasteiger partial charge in [0, 0.05) is 24.0 Å². The van der Waals surface area contributed by atoms with Crippen molar-refractivity contribution < 1.29 is 0 Å². The van der Waals surface area contributed by atoms with Crippen LogP contribution in [0.5, 0.6) is 0 Å². The quantitative estimate of drug-likeness (QED) is 0.764. The molecule has 0 aliphatic heterocycles. The second-order valence-corrected chi connectivity index (χ2v) is 5.42. The molecule has 88 valence electrons. The molecule has 1 aliphatic carbocycles. The molecule has 1 N–H and O–H groups in total. The maximum atomic E-state index is 6.09. The van der Waals surface area contributed by atoms with Gasteiger partial charge in [0.2, 0.25) is 0 Å². The molecule has 1 fully saturated rings. The van der Waals surface area contributed by atoms with E-state index < -0.39 is 0 Å². The standard InChI is InChI=1S/C13H17Cl2N/c14-8-7-13(5-6-13)10-16-9-11-3-1-2-4-12(11)15/h1-4,16H,5-10H2. The summed E-state index contributed by atoms with van der Waals surface area (Å²) in [6, 6.07) is 7.98. The van der Waals surface area contributed by atoms with Crippen molar-refractivity contribution in [2.24, 2.45) is 5.41 Å². The van der Waals surface area contributed by atoms with E-state index in [-0.39, 0.29) is 0 Å². The Labute approximate surface area is 107 Å². The van der Waals surface area contributed by atoms with Gasteiger partial charge in [-0.3, -0.25) is 0 Å². The van der Waals surface area contributed by atoms with E-state index in [0.29, 0.717) is 5.41 Å². The van der Waals surface area contributed by atoms with Gasteiger partial charge in [-0.05, 0) is 36.3 Å². The van der Waals surface area contributed by atoms with Crippen molar-refractivity contribution in [1.29, 1.82) is 0 Å². The van der Waals surface area contributed by atoms with E-state index in [2.05, 4.69) is 11.4 Å². The highest BCUT2D eigenvalue weighted by Gasteiger charge is 2.40. The normalized spacial score (nSPS) is 17.4. The number of rotatable bonds is 6. The van der Waals surface area contributed by atoms with Gasteiger partial charge in [0.15, 0.2) is 0 Å². The maximum Gasteiger partial charge on any atom is 0.0450 e. The molecule has 0 radical (unpaired) electrons. The third kappa shape index (κ3) is 3.13. The van der Waals surface area contributed by atoms with Crippen molar-refractivity contribution in [3.63, 3.8) is 0 Å². The van der Waals surface area contributed by atoms with Gasteiger partial charge in [0.1, 0.15) is 0 Å². The molecule has 16 heavy (non-hydrogen) atoms. The first-order valence-electron chi connectivity index (χ1n) is 5.76. The minimum atomic E-state index is 0.489. The molecule has 0 spiro atoms. The van der Waals surface area contributed by atoms with Gasteiger partial charge in [-0.2, -0.15) is 0 Å². The van der Waals surface area contributed by atoms with Crippen LogP contribution in [-0.2, 0) is 6.54 Å². The average Bonchev–Trinajstić information content (AvgIpc) is 3.02. The molecule has 0 aromatic heterocycles. The van der Waals surface area contributed by atoms with Crippen molar-refractivity contribution in [2.45, 2.75) is 25.8 Å². The molecule has 1 aliphatic rings. The Morgan fingerprint density at radius 1 is 1.25 bits per heavy atom. The molecule has 3 heteroatoms. The van der Waals surface area contributed by atoms with Crippen LogP contribution in [0.3, 0.4) is 0 Å². The minimum absolute atomic E-state index is 0.489. The van der Waals surface area contributed by atoms with Gasteiger partial charge >= 0.3 is 0 Å². The van der Waals surface area contributed by atoms with Crippen LogP contribution in [0.1, 0.15) is 24.8 Å². The first-order chi connectivity index (χ1) is 7.76. The highest BCUT2D eigenvalue weighted by molar-refractivity contribution is 6.31. The molecule has 0 saturated heterocycles. The summed E-state index contributed by atoms with van der Waals surface area (Å²) in [4.78, 5) is 0. The molecule has 0 unspecified atom stereocenters. The number of hydrogen-bond acceptors (Lipinski definition) is 1. The summed E-state index contributed by atoms with van der Waals surface area (Å²) in [5, 5.41) is 4.33. The van der Waals surface area contributed by atoms with Crippen LogP contribution < -0.4 is 5.32 Å². The maximum absolute atomic E-state index is 6.09. The second kappa shape index (κ2) is 5.39. The number of benzene rings is 1. The highest BCUT2D eigenvalue weighted by Crippen LogP contribution is 2.48. The molecule has 0 atom stereocenters. The van der Waals surface area contributed by atoms with Crippen LogP contribution >= 0.6 is 23.2 Å². The fourth-order valence-electron chi connectivity index (χ4n) is 2.00. The molecule has 1 nitrogen and oxygen atoms in total. The summed E-state index contributed by atoms with van der Waals surface area (Å²) in [7, 11) is 0. The molecule has 2 rings (SSSR count). The lowest BCUT2D eigenvalue weighted by Gasteiger charge is -2.14. The van der Waals surface area contributed by atoms with Crippen LogP contribution in [0.25, 0.3) is 0 Å². The number of hydrogen-bond donors (Lipinski definition) is 1. The fraction of sp³-hybridized carbons (Fsp3) is 0.538. The molecular formula is C13H17Cl2N. The average molecular weight is 258 g/mol. The SMILES string of the molecule is ClCCC1(CNCc2ccccc2Cl)CC1. The van der Waals surface area contributed by atoms with E-state index in [4.69, 9.17) is 23.2 Å². The van der Waals surface area contributed by atoms with E-state index in [1.807, 2.05) is 18.2 Å². The smallest absolute Gasteiger partial charge is 0.0450 e. The second-order valence-electron chi connectivity index (χ2n) is 4.63. The van der Waals surface area contributed by atoms with Crippen LogP contribution in [0, 0.1) is 5.41 Å². The lowest BCUT2D eigenvalue weighted by atomic mass is 10.0. The highest BCUT2D eigenvalue weighted by atomic mass is 35.5. The summed E-state index contributed by atoms with van der Waals surface area (Å²) < 4.78 is 0. The van der Waals surface area contributed by atoms with E-state index in [1.54, 1.807) is 0 Å². The number of alkyl halides is 1. The topological polar surface area (TPSA) is 12.0 Å². The van der Waals surface area contributed by atoms with Crippen LogP contribution in [0.4, 0.5) is 0 Å². The zero-order chi connectivity index (χ0) is 11.4. The first kappa shape index (κ1) is 12.2. The lowest BCUT2D eigenvalue weighted by Crippen LogP contribution is -2.24. The van der Waals surface area contributed by atoms with Crippen molar-refractivity contribution in [3.05, 3.63) is 34.9 Å². The van der Waals surface area contributed by atoms with E-state index in [0.717, 1.165) is 30.4 Å². The monoisotopic (exact) mass is 257 g/mol. The van der Waals surface area contributed by atoms with E-state index in [9.17, 15) is 0 Å². The first-order valence-corrected chi connectivity index (χ1v) is 6.67. The van der Waals surface area contributed by atoms with Crippen molar-refractivity contribution >= 4 is 23.2 Å². The van der Waals surface area contributed by atoms with Gasteiger partial charge < -0.3 is 5.32 Å². The van der Waals surface area contributed by atoms with Crippen LogP contribution in [-0.4, -0.2) is 12.4 Å². The zero-order valence-electron chi connectivity index (χ0n) is 9.31. The third-order valence-corrected chi connectivity index (χ3v) is 3.91. The Balaban J connectivity index is 1.78. The number of nitrogens with one attached hydrogen (secondary N) is 1. The molecule has 0 heterocycles. The predicted molar refractivity (Wildman–Crippen MR) is 70.2 cm³/mol. The van der Waals surface area contributed by atoms with Crippen LogP contribution in [0.2, 0.25) is 5.02 Å². The molecule has 1 saturated carbocycles. The van der Waals surface area contributed by atoms with Gasteiger partial charge in [-0.15, -0.1) is 11.6 Å². The Hall–Kier alpha value is -0.240. The van der Waals surface area contributed by atoms with Gasteiger partial charge in [-0.1, -0.05) is 29.8 Å². The summed E-state index contributed by atoms with van der Waals surface area (Å²) >= 11 is 11.9. The van der Waals surface area contributed by atoms with Gasteiger partial charge in [-0.25, -0.2) is 0 Å². The summed E-state index contributed by atoms with van der Waals surface area (Å²) in [6.45, 7) is 1.91. The zero-order valence-corrected chi connectivity index (χ0v) is 10.8. The number of halogens is 2. The lowest BCUT2D eigenvalue weighted by molar-refractivity contribution is 0.446. The van der Waals surface area contributed by atoms with E-state index in [1.165, 1.54) is 18.4 Å². The molecule has 1 aromatic carbocycles. The van der Waals surface area contributed by atoms with Crippen molar-refractivity contribution in [3.8, 4) is 0 Å². The Bertz CT molecular complexity index is 348. The minimum Gasteiger partial charge on any atom is -0.312 e. The Morgan fingerprint density at radius 2 is 2.00 bits per heavy atom. The Morgan fingerprint density at radius 3 is 2.62 bits per heavy atom.